The third-order valence-corrected chi connectivity index (χ3v) is 1.76. The van der Waals surface area contributed by atoms with Gasteiger partial charge in [-0.2, -0.15) is 0 Å². The summed E-state index contributed by atoms with van der Waals surface area (Å²) in [6, 6.07) is 1.65. The van der Waals surface area contributed by atoms with Gasteiger partial charge < -0.3 is 9.84 Å². The Hall–Kier alpha value is -0.800. The van der Waals surface area contributed by atoms with E-state index in [9.17, 15) is 0 Å². The van der Waals surface area contributed by atoms with Crippen LogP contribution in [0.3, 0.4) is 0 Å². The van der Waals surface area contributed by atoms with Gasteiger partial charge in [-0.1, -0.05) is 18.5 Å². The Morgan fingerprint density at radius 3 is 2.92 bits per heavy atom. The van der Waals surface area contributed by atoms with Crippen LogP contribution in [0, 0.1) is 0 Å². The van der Waals surface area contributed by atoms with E-state index in [1.165, 1.54) is 0 Å². The van der Waals surface area contributed by atoms with E-state index in [-0.39, 0.29) is 6.61 Å². The van der Waals surface area contributed by atoms with Crippen LogP contribution in [0.4, 0.5) is 0 Å². The van der Waals surface area contributed by atoms with Crippen LogP contribution in [-0.2, 0) is 6.61 Å². The Kier molecular flexibility index (Phi) is 3.99. The summed E-state index contributed by atoms with van der Waals surface area (Å²) >= 11 is 5.85. The van der Waals surface area contributed by atoms with Crippen molar-refractivity contribution in [2.45, 2.75) is 20.0 Å². The molecule has 0 spiro atoms. The molecule has 72 valence electrons. The fraction of sp³-hybridized carbons (Fsp3) is 0.444. The maximum Gasteiger partial charge on any atom is 0.232 e. The number of hydrogen-bond acceptors (Lipinski definition) is 3. The number of ether oxygens (including phenoxy) is 1. The average molecular weight is 202 g/mol. The standard InChI is InChI=1S/C9H12ClNO2/c1-2-3-13-9-8(10)4-7(6-12)5-11-9/h4-5,12H,2-3,6H2,1H3. The molecule has 0 aliphatic heterocycles. The molecule has 1 N–H and O–H groups in total. The van der Waals surface area contributed by atoms with Gasteiger partial charge >= 0.3 is 0 Å². The SMILES string of the molecule is CCCOc1ncc(CO)cc1Cl. The Morgan fingerprint density at radius 1 is 1.62 bits per heavy atom. The van der Waals surface area contributed by atoms with Crippen molar-refractivity contribution in [2.75, 3.05) is 6.61 Å². The van der Waals surface area contributed by atoms with Gasteiger partial charge in [0.25, 0.3) is 0 Å². The fourth-order valence-electron chi connectivity index (χ4n) is 0.856. The largest absolute Gasteiger partial charge is 0.477 e. The Bertz CT molecular complexity index is 278. The molecule has 1 rings (SSSR count). The Morgan fingerprint density at radius 2 is 2.38 bits per heavy atom. The number of hydrogen-bond donors (Lipinski definition) is 1. The number of aliphatic hydroxyl groups excluding tert-OH is 1. The van der Waals surface area contributed by atoms with Crippen LogP contribution in [-0.4, -0.2) is 16.7 Å². The molecule has 0 amide bonds. The summed E-state index contributed by atoms with van der Waals surface area (Å²) in [6.07, 6.45) is 2.47. The van der Waals surface area contributed by atoms with E-state index < -0.39 is 0 Å². The highest BCUT2D eigenvalue weighted by molar-refractivity contribution is 6.31. The van der Waals surface area contributed by atoms with Gasteiger partial charge in [0.2, 0.25) is 5.88 Å². The van der Waals surface area contributed by atoms with Crippen molar-refractivity contribution < 1.29 is 9.84 Å². The summed E-state index contributed by atoms with van der Waals surface area (Å²) in [6.45, 7) is 2.56. The molecule has 0 bridgehead atoms. The quantitative estimate of drug-likeness (QED) is 0.811. The molecule has 1 aromatic rings. The van der Waals surface area contributed by atoms with Crippen LogP contribution < -0.4 is 4.74 Å². The first kappa shape index (κ1) is 10.3. The number of nitrogens with zero attached hydrogens (tertiary/aromatic N) is 1. The van der Waals surface area contributed by atoms with Crippen molar-refractivity contribution in [2.24, 2.45) is 0 Å². The van der Waals surface area contributed by atoms with E-state index in [4.69, 9.17) is 21.4 Å². The molecule has 0 fully saturated rings. The molecule has 13 heavy (non-hydrogen) atoms. The van der Waals surface area contributed by atoms with Gasteiger partial charge in [0, 0.05) is 6.20 Å². The van der Waals surface area contributed by atoms with E-state index in [0.717, 1.165) is 6.42 Å². The third kappa shape index (κ3) is 2.86. The van der Waals surface area contributed by atoms with Crippen LogP contribution in [0.1, 0.15) is 18.9 Å². The molecule has 0 radical (unpaired) electrons. The molecule has 0 unspecified atom stereocenters. The zero-order valence-electron chi connectivity index (χ0n) is 7.46. The van der Waals surface area contributed by atoms with E-state index >= 15 is 0 Å². The molecule has 0 aliphatic rings. The molecule has 0 saturated carbocycles. The maximum atomic E-state index is 8.79. The highest BCUT2D eigenvalue weighted by Crippen LogP contribution is 2.22. The van der Waals surface area contributed by atoms with Gasteiger partial charge in [0.1, 0.15) is 5.02 Å². The van der Waals surface area contributed by atoms with E-state index in [2.05, 4.69) is 4.98 Å². The number of aromatic nitrogens is 1. The molecule has 4 heteroatoms. The monoisotopic (exact) mass is 201 g/mol. The van der Waals surface area contributed by atoms with E-state index in [0.29, 0.717) is 23.1 Å². The smallest absolute Gasteiger partial charge is 0.232 e. The first-order chi connectivity index (χ1) is 6.27. The zero-order chi connectivity index (χ0) is 9.68. The summed E-state index contributed by atoms with van der Waals surface area (Å²) in [4.78, 5) is 3.97. The van der Waals surface area contributed by atoms with Gasteiger partial charge in [-0.25, -0.2) is 4.98 Å². The Balaban J connectivity index is 2.73. The molecule has 0 atom stereocenters. The normalized spacial score (nSPS) is 10.1. The molecular weight excluding hydrogens is 190 g/mol. The van der Waals surface area contributed by atoms with Gasteiger partial charge in [-0.15, -0.1) is 0 Å². The predicted octanol–water partition coefficient (Wildman–Crippen LogP) is 2.02. The lowest BCUT2D eigenvalue weighted by Crippen LogP contribution is -1.98. The minimum absolute atomic E-state index is 0.0548. The molecule has 0 aliphatic carbocycles. The summed E-state index contributed by atoms with van der Waals surface area (Å²) in [5.74, 6) is 0.431. The van der Waals surface area contributed by atoms with Crippen molar-refractivity contribution in [3.05, 3.63) is 22.8 Å². The van der Waals surface area contributed by atoms with Gasteiger partial charge in [0.05, 0.1) is 13.2 Å². The third-order valence-electron chi connectivity index (χ3n) is 1.49. The summed E-state index contributed by atoms with van der Waals surface area (Å²) in [7, 11) is 0. The van der Waals surface area contributed by atoms with Crippen molar-refractivity contribution in [1.29, 1.82) is 0 Å². The molecule has 0 saturated heterocycles. The van der Waals surface area contributed by atoms with Crippen molar-refractivity contribution in [3.63, 3.8) is 0 Å². The second kappa shape index (κ2) is 5.04. The second-order valence-electron chi connectivity index (χ2n) is 2.64. The van der Waals surface area contributed by atoms with E-state index in [1.807, 2.05) is 6.92 Å². The lowest BCUT2D eigenvalue weighted by molar-refractivity contribution is 0.279. The summed E-state index contributed by atoms with van der Waals surface area (Å²) in [5, 5.41) is 9.23. The van der Waals surface area contributed by atoms with Crippen molar-refractivity contribution >= 4 is 11.6 Å². The highest BCUT2D eigenvalue weighted by Gasteiger charge is 2.03. The number of rotatable bonds is 4. The van der Waals surface area contributed by atoms with E-state index in [1.54, 1.807) is 12.3 Å². The average Bonchev–Trinajstić information content (AvgIpc) is 2.16. The number of halogens is 1. The lowest BCUT2D eigenvalue weighted by Gasteiger charge is -2.05. The van der Waals surface area contributed by atoms with Gasteiger partial charge in [-0.3, -0.25) is 0 Å². The van der Waals surface area contributed by atoms with Crippen molar-refractivity contribution in [3.8, 4) is 5.88 Å². The Labute approximate surface area is 82.3 Å². The molecular formula is C9H12ClNO2. The lowest BCUT2D eigenvalue weighted by atomic mass is 10.3. The molecule has 3 nitrogen and oxygen atoms in total. The molecule has 0 aromatic carbocycles. The van der Waals surface area contributed by atoms with Crippen LogP contribution in [0.2, 0.25) is 5.02 Å². The minimum atomic E-state index is -0.0548. The maximum absolute atomic E-state index is 8.79. The molecule has 1 heterocycles. The minimum Gasteiger partial charge on any atom is -0.477 e. The fourth-order valence-corrected chi connectivity index (χ4v) is 1.10. The van der Waals surface area contributed by atoms with Crippen LogP contribution >= 0.6 is 11.6 Å². The predicted molar refractivity (Wildman–Crippen MR) is 51.0 cm³/mol. The van der Waals surface area contributed by atoms with Gasteiger partial charge in [0.15, 0.2) is 0 Å². The van der Waals surface area contributed by atoms with Gasteiger partial charge in [-0.05, 0) is 18.1 Å². The first-order valence-electron chi connectivity index (χ1n) is 4.16. The van der Waals surface area contributed by atoms with Crippen molar-refractivity contribution in [1.82, 2.24) is 4.98 Å². The molecule has 1 aromatic heterocycles. The zero-order valence-corrected chi connectivity index (χ0v) is 8.21. The highest BCUT2D eigenvalue weighted by atomic mass is 35.5. The number of aliphatic hydroxyl groups is 1. The summed E-state index contributed by atoms with van der Waals surface area (Å²) < 4.78 is 5.26. The van der Waals surface area contributed by atoms with Crippen LogP contribution in [0.15, 0.2) is 12.3 Å². The number of pyridine rings is 1. The summed E-state index contributed by atoms with van der Waals surface area (Å²) in [5.41, 5.74) is 0.689. The first-order valence-corrected chi connectivity index (χ1v) is 4.53. The topological polar surface area (TPSA) is 42.4 Å². The van der Waals surface area contributed by atoms with Crippen LogP contribution in [0.5, 0.6) is 5.88 Å². The van der Waals surface area contributed by atoms with Crippen LogP contribution in [0.25, 0.3) is 0 Å². The second-order valence-corrected chi connectivity index (χ2v) is 3.04.